The first-order valence-corrected chi connectivity index (χ1v) is 5.86. The fraction of sp³-hybridized carbons (Fsp3) is 0.455. The van der Waals surface area contributed by atoms with Crippen molar-refractivity contribution in [1.82, 2.24) is 5.32 Å². The van der Waals surface area contributed by atoms with Crippen LogP contribution in [0, 0.1) is 5.82 Å². The highest BCUT2D eigenvalue weighted by Crippen LogP contribution is 2.32. The lowest BCUT2D eigenvalue weighted by atomic mass is 9.91. The molecule has 82 valence electrons. The number of benzene rings is 1. The van der Waals surface area contributed by atoms with Gasteiger partial charge in [0.05, 0.1) is 4.47 Å². The summed E-state index contributed by atoms with van der Waals surface area (Å²) in [6, 6.07) is 3.28. The Bertz CT molecular complexity index is 341. The monoisotopic (exact) mass is 273 g/mol. The van der Waals surface area contributed by atoms with Gasteiger partial charge in [0.25, 0.3) is 0 Å². The van der Waals surface area contributed by atoms with E-state index in [0.717, 1.165) is 31.5 Å². The van der Waals surface area contributed by atoms with E-state index < -0.39 is 5.82 Å². The van der Waals surface area contributed by atoms with Crippen molar-refractivity contribution in [3.8, 4) is 5.75 Å². The van der Waals surface area contributed by atoms with Crippen molar-refractivity contribution in [1.29, 1.82) is 0 Å². The van der Waals surface area contributed by atoms with Crippen LogP contribution in [0.5, 0.6) is 5.75 Å². The van der Waals surface area contributed by atoms with Gasteiger partial charge >= 0.3 is 0 Å². The van der Waals surface area contributed by atoms with E-state index in [2.05, 4.69) is 21.2 Å². The van der Waals surface area contributed by atoms with Crippen LogP contribution in [-0.2, 0) is 0 Å². The molecule has 0 aromatic heterocycles. The van der Waals surface area contributed by atoms with Gasteiger partial charge in [0.2, 0.25) is 0 Å². The lowest BCUT2D eigenvalue weighted by Gasteiger charge is -2.23. The van der Waals surface area contributed by atoms with E-state index in [1.54, 1.807) is 6.07 Å². The fourth-order valence-corrected chi connectivity index (χ4v) is 2.43. The zero-order chi connectivity index (χ0) is 10.8. The average molecular weight is 274 g/mol. The summed E-state index contributed by atoms with van der Waals surface area (Å²) in [5, 5.41) is 12.7. The molecule has 1 aliphatic heterocycles. The highest BCUT2D eigenvalue weighted by Gasteiger charge is 2.18. The molecule has 2 rings (SSSR count). The maximum absolute atomic E-state index is 13.2. The van der Waals surface area contributed by atoms with Crippen molar-refractivity contribution in [2.75, 3.05) is 13.1 Å². The van der Waals surface area contributed by atoms with E-state index in [9.17, 15) is 9.50 Å². The number of phenolic OH excluding ortho intramolecular Hbond substituents is 1. The van der Waals surface area contributed by atoms with Gasteiger partial charge < -0.3 is 10.4 Å². The van der Waals surface area contributed by atoms with E-state index in [4.69, 9.17) is 0 Å². The Kier molecular flexibility index (Phi) is 3.26. The van der Waals surface area contributed by atoms with Gasteiger partial charge in [0.1, 0.15) is 0 Å². The summed E-state index contributed by atoms with van der Waals surface area (Å²) in [5.41, 5.74) is 0.993. The second-order valence-corrected chi connectivity index (χ2v) is 4.73. The van der Waals surface area contributed by atoms with Gasteiger partial charge in [0.15, 0.2) is 11.6 Å². The van der Waals surface area contributed by atoms with Crippen molar-refractivity contribution in [3.63, 3.8) is 0 Å². The highest BCUT2D eigenvalue weighted by molar-refractivity contribution is 9.10. The van der Waals surface area contributed by atoms with Crippen molar-refractivity contribution < 1.29 is 9.50 Å². The number of aromatic hydroxyl groups is 1. The highest BCUT2D eigenvalue weighted by atomic mass is 79.9. The summed E-state index contributed by atoms with van der Waals surface area (Å²) in [5.74, 6) is -0.478. The molecule has 2 nitrogen and oxygen atoms in total. The second kappa shape index (κ2) is 4.49. The molecule has 0 saturated carbocycles. The summed E-state index contributed by atoms with van der Waals surface area (Å²) in [7, 11) is 0. The molecule has 0 bridgehead atoms. The maximum atomic E-state index is 13.2. The van der Waals surface area contributed by atoms with Crippen LogP contribution in [0.3, 0.4) is 0 Å². The van der Waals surface area contributed by atoms with Crippen LogP contribution in [0.15, 0.2) is 16.6 Å². The quantitative estimate of drug-likeness (QED) is 0.825. The average Bonchev–Trinajstić information content (AvgIpc) is 2.26. The zero-order valence-corrected chi connectivity index (χ0v) is 9.85. The number of hydrogen-bond donors (Lipinski definition) is 2. The first-order valence-electron chi connectivity index (χ1n) is 5.07. The van der Waals surface area contributed by atoms with Gasteiger partial charge in [-0.2, -0.15) is 0 Å². The third kappa shape index (κ3) is 2.32. The number of piperidine rings is 1. The molecule has 0 aliphatic carbocycles. The third-order valence-corrected chi connectivity index (χ3v) is 3.38. The zero-order valence-electron chi connectivity index (χ0n) is 8.26. The van der Waals surface area contributed by atoms with Gasteiger partial charge in [-0.25, -0.2) is 4.39 Å². The van der Waals surface area contributed by atoms with Gasteiger partial charge in [-0.1, -0.05) is 0 Å². The molecule has 1 fully saturated rings. The SMILES string of the molecule is Oc1cc(C2CCCNC2)cc(Br)c1F. The number of hydrogen-bond acceptors (Lipinski definition) is 2. The van der Waals surface area contributed by atoms with E-state index in [1.165, 1.54) is 6.07 Å². The van der Waals surface area contributed by atoms with Crippen LogP contribution in [0.2, 0.25) is 0 Å². The van der Waals surface area contributed by atoms with Crippen LogP contribution in [0.25, 0.3) is 0 Å². The molecular formula is C11H13BrFNO. The Hall–Kier alpha value is -0.610. The third-order valence-electron chi connectivity index (χ3n) is 2.80. The fourth-order valence-electron chi connectivity index (χ4n) is 1.97. The van der Waals surface area contributed by atoms with Crippen LogP contribution >= 0.6 is 15.9 Å². The van der Waals surface area contributed by atoms with Crippen LogP contribution in [0.4, 0.5) is 4.39 Å². The lowest BCUT2D eigenvalue weighted by molar-refractivity contribution is 0.423. The molecule has 2 N–H and O–H groups in total. The molecule has 1 aromatic carbocycles. The minimum atomic E-state index is -0.581. The standard InChI is InChI=1S/C11H13BrFNO/c12-9-4-8(5-10(15)11(9)13)7-2-1-3-14-6-7/h4-5,7,14-15H,1-3,6H2. The normalized spacial score (nSPS) is 21.6. The summed E-state index contributed by atoms with van der Waals surface area (Å²) in [6.45, 7) is 1.95. The smallest absolute Gasteiger partial charge is 0.178 e. The van der Waals surface area contributed by atoms with Crippen LogP contribution in [0.1, 0.15) is 24.3 Å². The molecule has 0 radical (unpaired) electrons. The molecule has 1 heterocycles. The van der Waals surface area contributed by atoms with Crippen LogP contribution in [-0.4, -0.2) is 18.2 Å². The molecule has 1 saturated heterocycles. The van der Waals surface area contributed by atoms with E-state index >= 15 is 0 Å². The Morgan fingerprint density at radius 1 is 1.47 bits per heavy atom. The Morgan fingerprint density at radius 3 is 2.87 bits per heavy atom. The number of nitrogens with one attached hydrogen (secondary N) is 1. The number of phenols is 1. The topological polar surface area (TPSA) is 32.3 Å². The molecule has 1 unspecified atom stereocenters. The van der Waals surface area contributed by atoms with Crippen molar-refractivity contribution >= 4 is 15.9 Å². The molecule has 1 atom stereocenters. The van der Waals surface area contributed by atoms with Gasteiger partial charge in [-0.05, 0) is 58.9 Å². The number of rotatable bonds is 1. The molecule has 0 spiro atoms. The first-order chi connectivity index (χ1) is 7.18. The van der Waals surface area contributed by atoms with E-state index in [0.29, 0.717) is 10.4 Å². The van der Waals surface area contributed by atoms with Gasteiger partial charge in [-0.15, -0.1) is 0 Å². The van der Waals surface area contributed by atoms with Gasteiger partial charge in [0, 0.05) is 6.54 Å². The predicted molar refractivity (Wildman–Crippen MR) is 60.6 cm³/mol. The van der Waals surface area contributed by atoms with Gasteiger partial charge in [-0.3, -0.25) is 0 Å². The minimum absolute atomic E-state index is 0.273. The minimum Gasteiger partial charge on any atom is -0.505 e. The summed E-state index contributed by atoms with van der Waals surface area (Å²) in [6.07, 6.45) is 2.21. The Labute approximate surface area is 96.6 Å². The van der Waals surface area contributed by atoms with Crippen LogP contribution < -0.4 is 5.32 Å². The molecule has 0 amide bonds. The van der Waals surface area contributed by atoms with E-state index in [1.807, 2.05) is 0 Å². The largest absolute Gasteiger partial charge is 0.505 e. The molecular weight excluding hydrogens is 261 g/mol. The van der Waals surface area contributed by atoms with Crippen molar-refractivity contribution in [2.45, 2.75) is 18.8 Å². The first kappa shape index (κ1) is 10.9. The Morgan fingerprint density at radius 2 is 2.27 bits per heavy atom. The van der Waals surface area contributed by atoms with Crippen molar-refractivity contribution in [3.05, 3.63) is 28.0 Å². The Balaban J connectivity index is 2.27. The summed E-state index contributed by atoms with van der Waals surface area (Å²) < 4.78 is 13.5. The predicted octanol–water partition coefficient (Wildman–Crippen LogP) is 2.76. The summed E-state index contributed by atoms with van der Waals surface area (Å²) >= 11 is 3.11. The van der Waals surface area contributed by atoms with Crippen molar-refractivity contribution in [2.24, 2.45) is 0 Å². The van der Waals surface area contributed by atoms with E-state index in [-0.39, 0.29) is 5.75 Å². The maximum Gasteiger partial charge on any atom is 0.178 e. The molecule has 4 heteroatoms. The lowest BCUT2D eigenvalue weighted by Crippen LogP contribution is -2.28. The molecule has 1 aromatic rings. The second-order valence-electron chi connectivity index (χ2n) is 3.88. The number of halogens is 2. The molecule has 1 aliphatic rings. The molecule has 15 heavy (non-hydrogen) atoms. The summed E-state index contributed by atoms with van der Waals surface area (Å²) in [4.78, 5) is 0.